The molecule has 0 spiro atoms. The largest absolute Gasteiger partial charge is 0.368 e. The lowest BCUT2D eigenvalue weighted by molar-refractivity contribution is -0.385. The second-order valence-corrected chi connectivity index (χ2v) is 4.24. The Morgan fingerprint density at radius 1 is 1.40 bits per heavy atom. The maximum Gasteiger partial charge on any atom is 0.332 e. The van der Waals surface area contributed by atoms with E-state index in [1.165, 1.54) is 6.92 Å². The molecule has 2 aromatic rings. The summed E-state index contributed by atoms with van der Waals surface area (Å²) < 4.78 is 0. The fourth-order valence-corrected chi connectivity index (χ4v) is 1.80. The summed E-state index contributed by atoms with van der Waals surface area (Å²) in [4.78, 5) is 22.4. The highest BCUT2D eigenvalue weighted by atomic mass is 16.6. The number of hydrogen-bond acceptors (Lipinski definition) is 7. The van der Waals surface area contributed by atoms with Gasteiger partial charge in [-0.3, -0.25) is 15.1 Å². The van der Waals surface area contributed by atoms with Crippen LogP contribution in [-0.4, -0.2) is 19.9 Å². The third-order valence-corrected chi connectivity index (χ3v) is 2.80. The van der Waals surface area contributed by atoms with Gasteiger partial charge in [0.25, 0.3) is 0 Å². The van der Waals surface area contributed by atoms with Gasteiger partial charge in [0, 0.05) is 6.20 Å². The Morgan fingerprint density at radius 2 is 2.15 bits per heavy atom. The fourth-order valence-electron chi connectivity index (χ4n) is 1.80. The molecule has 0 saturated carbocycles. The number of nitro groups is 1. The standard InChI is InChI=1S/C12H14N6O2/c1-7-4-3-5-14-9(7)6-15-11-10(18(19)20)8(2)16-12(13)17-11/h3-5H,6H2,1-2H3,(H3,13,15,16,17). The highest BCUT2D eigenvalue weighted by Gasteiger charge is 2.21. The van der Waals surface area contributed by atoms with Gasteiger partial charge in [-0.1, -0.05) is 6.07 Å². The lowest BCUT2D eigenvalue weighted by Gasteiger charge is -2.09. The first-order valence-corrected chi connectivity index (χ1v) is 5.92. The Bertz CT molecular complexity index is 658. The molecule has 0 aliphatic rings. The van der Waals surface area contributed by atoms with E-state index in [1.807, 2.05) is 19.1 Å². The zero-order chi connectivity index (χ0) is 14.7. The van der Waals surface area contributed by atoms with Crippen molar-refractivity contribution in [1.29, 1.82) is 0 Å². The zero-order valence-electron chi connectivity index (χ0n) is 11.1. The van der Waals surface area contributed by atoms with Crippen molar-refractivity contribution in [1.82, 2.24) is 15.0 Å². The minimum Gasteiger partial charge on any atom is -0.368 e. The Labute approximate surface area is 115 Å². The predicted molar refractivity (Wildman–Crippen MR) is 74.1 cm³/mol. The van der Waals surface area contributed by atoms with Crippen LogP contribution >= 0.6 is 0 Å². The first-order chi connectivity index (χ1) is 9.49. The van der Waals surface area contributed by atoms with E-state index in [4.69, 9.17) is 5.73 Å². The molecule has 0 saturated heterocycles. The van der Waals surface area contributed by atoms with Crippen LogP contribution in [0, 0.1) is 24.0 Å². The van der Waals surface area contributed by atoms with Crippen LogP contribution in [-0.2, 0) is 6.54 Å². The Kier molecular flexibility index (Phi) is 3.74. The van der Waals surface area contributed by atoms with Crippen LogP contribution in [0.3, 0.4) is 0 Å². The van der Waals surface area contributed by atoms with Crippen LogP contribution in [0.15, 0.2) is 18.3 Å². The van der Waals surface area contributed by atoms with Crippen molar-refractivity contribution in [2.75, 3.05) is 11.1 Å². The summed E-state index contributed by atoms with van der Waals surface area (Å²) in [6, 6.07) is 3.74. The lowest BCUT2D eigenvalue weighted by Crippen LogP contribution is -2.10. The maximum atomic E-state index is 11.1. The molecule has 2 heterocycles. The van der Waals surface area contributed by atoms with Gasteiger partial charge in [-0.25, -0.2) is 4.98 Å². The van der Waals surface area contributed by atoms with Crippen molar-refractivity contribution in [3.8, 4) is 0 Å². The SMILES string of the molecule is Cc1cccnc1CNc1nc(N)nc(C)c1[N+](=O)[O-]. The molecular weight excluding hydrogens is 260 g/mol. The molecule has 0 atom stereocenters. The maximum absolute atomic E-state index is 11.1. The molecule has 0 radical (unpaired) electrons. The molecule has 0 aliphatic heterocycles. The van der Waals surface area contributed by atoms with E-state index in [9.17, 15) is 10.1 Å². The number of anilines is 2. The van der Waals surface area contributed by atoms with E-state index in [1.54, 1.807) is 6.20 Å². The summed E-state index contributed by atoms with van der Waals surface area (Å²) in [6.07, 6.45) is 1.66. The van der Waals surface area contributed by atoms with Gasteiger partial charge in [0.1, 0.15) is 5.69 Å². The molecule has 0 fully saturated rings. The van der Waals surface area contributed by atoms with Crippen LogP contribution in [0.2, 0.25) is 0 Å². The second-order valence-electron chi connectivity index (χ2n) is 4.24. The monoisotopic (exact) mass is 274 g/mol. The molecule has 2 rings (SSSR count). The Balaban J connectivity index is 2.30. The number of nitrogens with two attached hydrogens (primary N) is 1. The van der Waals surface area contributed by atoms with Gasteiger partial charge >= 0.3 is 5.69 Å². The van der Waals surface area contributed by atoms with Crippen molar-refractivity contribution in [2.45, 2.75) is 20.4 Å². The highest BCUT2D eigenvalue weighted by molar-refractivity contribution is 5.60. The number of hydrogen-bond donors (Lipinski definition) is 2. The molecular formula is C12H14N6O2. The van der Waals surface area contributed by atoms with E-state index in [2.05, 4.69) is 20.3 Å². The summed E-state index contributed by atoms with van der Waals surface area (Å²) in [6.45, 7) is 3.76. The van der Waals surface area contributed by atoms with E-state index >= 15 is 0 Å². The molecule has 0 bridgehead atoms. The number of rotatable bonds is 4. The minimum atomic E-state index is -0.525. The molecule has 0 amide bonds. The normalized spacial score (nSPS) is 10.3. The second kappa shape index (κ2) is 5.47. The topological polar surface area (TPSA) is 120 Å². The molecule has 104 valence electrons. The van der Waals surface area contributed by atoms with Gasteiger partial charge in [0.15, 0.2) is 0 Å². The van der Waals surface area contributed by atoms with Crippen LogP contribution in [0.5, 0.6) is 0 Å². The molecule has 2 aromatic heterocycles. The number of nitrogens with zero attached hydrogens (tertiary/aromatic N) is 4. The molecule has 20 heavy (non-hydrogen) atoms. The highest BCUT2D eigenvalue weighted by Crippen LogP contribution is 2.26. The van der Waals surface area contributed by atoms with Crippen molar-refractivity contribution in [3.63, 3.8) is 0 Å². The minimum absolute atomic E-state index is 0.00616. The molecule has 8 nitrogen and oxygen atoms in total. The summed E-state index contributed by atoms with van der Waals surface area (Å²) in [5.74, 6) is 0.0957. The summed E-state index contributed by atoms with van der Waals surface area (Å²) in [5, 5.41) is 14.0. The summed E-state index contributed by atoms with van der Waals surface area (Å²) >= 11 is 0. The van der Waals surface area contributed by atoms with Gasteiger partial charge in [-0.2, -0.15) is 4.98 Å². The summed E-state index contributed by atoms with van der Waals surface area (Å²) in [5.41, 5.74) is 7.35. The molecule has 8 heteroatoms. The van der Waals surface area contributed by atoms with Gasteiger partial charge in [-0.05, 0) is 25.5 Å². The van der Waals surface area contributed by atoms with Gasteiger partial charge < -0.3 is 11.1 Å². The first kappa shape index (κ1) is 13.7. The van der Waals surface area contributed by atoms with Crippen LogP contribution < -0.4 is 11.1 Å². The lowest BCUT2D eigenvalue weighted by atomic mass is 10.2. The van der Waals surface area contributed by atoms with E-state index < -0.39 is 4.92 Å². The van der Waals surface area contributed by atoms with Crippen LogP contribution in [0.4, 0.5) is 17.5 Å². The molecule has 0 aliphatic carbocycles. The zero-order valence-corrected chi connectivity index (χ0v) is 11.1. The average molecular weight is 274 g/mol. The third-order valence-electron chi connectivity index (χ3n) is 2.80. The van der Waals surface area contributed by atoms with Gasteiger partial charge in [-0.15, -0.1) is 0 Å². The van der Waals surface area contributed by atoms with E-state index in [0.717, 1.165) is 11.3 Å². The van der Waals surface area contributed by atoms with Crippen molar-refractivity contribution in [2.24, 2.45) is 0 Å². The van der Waals surface area contributed by atoms with Crippen molar-refractivity contribution >= 4 is 17.5 Å². The number of nitrogens with one attached hydrogen (secondary N) is 1. The third kappa shape index (κ3) is 2.79. The number of pyridine rings is 1. The summed E-state index contributed by atoms with van der Waals surface area (Å²) in [7, 11) is 0. The molecule has 0 aromatic carbocycles. The van der Waals surface area contributed by atoms with E-state index in [-0.39, 0.29) is 23.1 Å². The quantitative estimate of drug-likeness (QED) is 0.641. The van der Waals surface area contributed by atoms with Crippen LogP contribution in [0.1, 0.15) is 17.0 Å². The van der Waals surface area contributed by atoms with E-state index in [0.29, 0.717) is 6.54 Å². The average Bonchev–Trinajstić information content (AvgIpc) is 2.36. The molecule has 0 unspecified atom stereocenters. The smallest absolute Gasteiger partial charge is 0.332 e. The first-order valence-electron chi connectivity index (χ1n) is 5.92. The number of aryl methyl sites for hydroxylation is 2. The fraction of sp³-hybridized carbons (Fsp3) is 0.250. The Morgan fingerprint density at radius 3 is 2.80 bits per heavy atom. The van der Waals surface area contributed by atoms with Crippen molar-refractivity contribution < 1.29 is 4.92 Å². The Hall–Kier alpha value is -2.77. The van der Waals surface area contributed by atoms with Gasteiger partial charge in [0.05, 0.1) is 17.2 Å². The molecule has 3 N–H and O–H groups in total. The number of aromatic nitrogens is 3. The van der Waals surface area contributed by atoms with Gasteiger partial charge in [0.2, 0.25) is 11.8 Å². The van der Waals surface area contributed by atoms with Crippen LogP contribution in [0.25, 0.3) is 0 Å². The predicted octanol–water partition coefficient (Wildman–Crippen LogP) is 1.59. The number of nitrogen functional groups attached to an aromatic ring is 1. The van der Waals surface area contributed by atoms with Crippen molar-refractivity contribution in [3.05, 3.63) is 45.4 Å².